The van der Waals surface area contributed by atoms with E-state index in [2.05, 4.69) is 32.7 Å². The summed E-state index contributed by atoms with van der Waals surface area (Å²) in [6.07, 6.45) is -17.8. The molecule has 0 heterocycles. The molecule has 0 fully saturated rings. The summed E-state index contributed by atoms with van der Waals surface area (Å²) >= 11 is 6.07. The number of ether oxygens (including phenoxy) is 2. The number of hydrogen-bond acceptors (Lipinski definition) is 2. The molecule has 164 valence electrons. The van der Waals surface area contributed by atoms with Crippen LogP contribution in [0.3, 0.4) is 0 Å². The van der Waals surface area contributed by atoms with Gasteiger partial charge in [0.25, 0.3) is 12.7 Å². The second-order valence-electron chi connectivity index (χ2n) is 2.94. The van der Waals surface area contributed by atoms with Crippen LogP contribution >= 0.6 is 58.9 Å². The molecule has 0 rings (SSSR count). The van der Waals surface area contributed by atoms with Crippen molar-refractivity contribution >= 4 is 72.8 Å². The number of alkyl halides is 12. The van der Waals surface area contributed by atoms with Gasteiger partial charge >= 0.3 is 68.5 Å². The molecule has 2 atom stereocenters. The Morgan fingerprint density at radius 2 is 0.885 bits per heavy atom. The molecule has 2 unspecified atom stereocenters. The first-order chi connectivity index (χ1) is 10.7. The molecule has 0 saturated heterocycles. The van der Waals surface area contributed by atoms with Gasteiger partial charge in [-0.2, -0.15) is 35.1 Å². The predicted octanol–water partition coefficient (Wildman–Crippen LogP) is 7.24. The minimum atomic E-state index is -5.38. The predicted molar refractivity (Wildman–Crippen MR) is 77.2 cm³/mol. The molecule has 26 heavy (non-hydrogen) atoms. The van der Waals surface area contributed by atoms with Gasteiger partial charge < -0.3 is 4.74 Å². The van der Waals surface area contributed by atoms with Gasteiger partial charge in [-0.3, -0.25) is 9.44 Å². The van der Waals surface area contributed by atoms with Crippen LogP contribution in [0.1, 0.15) is 0 Å². The van der Waals surface area contributed by atoms with E-state index in [-0.39, 0.29) is 4.70 Å². The SMILES string of the molecule is F.FC(F)OC(F)C(F)(F)F.FC(OC(Cl)Cl)C(F)(F)F.[Cl][Sn]([Cl])([Cl])[Cl]. The van der Waals surface area contributed by atoms with Crippen molar-refractivity contribution in [2.24, 2.45) is 0 Å². The van der Waals surface area contributed by atoms with Crippen molar-refractivity contribution in [3.8, 4) is 0 Å². The second kappa shape index (κ2) is 15.5. The third-order valence-corrected chi connectivity index (χ3v) is 1.17. The van der Waals surface area contributed by atoms with Gasteiger partial charge in [-0.15, -0.1) is 0 Å². The topological polar surface area (TPSA) is 18.5 Å². The van der Waals surface area contributed by atoms with Gasteiger partial charge in [-0.1, -0.05) is 23.2 Å². The number of rotatable bonds is 4. The third kappa shape index (κ3) is 33.3. The van der Waals surface area contributed by atoms with Crippen LogP contribution in [0.4, 0.5) is 48.6 Å². The Balaban J connectivity index is -0.000000145. The first-order valence-electron chi connectivity index (χ1n) is 4.72. The van der Waals surface area contributed by atoms with Crippen molar-refractivity contribution in [2.45, 2.75) is 36.7 Å². The van der Waals surface area contributed by atoms with Crippen LogP contribution in [-0.4, -0.2) is 50.6 Å². The maximum absolute atomic E-state index is 11.6. The molecular formula is C6H5Cl6F11O2Sn. The fraction of sp³-hybridized carbons (Fsp3) is 1.00. The van der Waals surface area contributed by atoms with Crippen LogP contribution in [0.15, 0.2) is 0 Å². The number of hydrogen-bond donors (Lipinski definition) is 0. The normalized spacial score (nSPS) is 14.5. The summed E-state index contributed by atoms with van der Waals surface area (Å²) < 4.78 is 117. The molecule has 0 saturated carbocycles. The Hall–Kier alpha value is 1.69. The van der Waals surface area contributed by atoms with Gasteiger partial charge in [0, 0.05) is 0 Å². The summed E-state index contributed by atoms with van der Waals surface area (Å²) in [4.78, 5) is 0. The summed E-state index contributed by atoms with van der Waals surface area (Å²) in [5.74, 6) is 0. The molecule has 0 aromatic rings. The van der Waals surface area contributed by atoms with E-state index in [1.807, 2.05) is 0 Å². The van der Waals surface area contributed by atoms with E-state index in [1.165, 1.54) is 0 Å². The molecule has 0 aliphatic carbocycles. The zero-order valence-electron chi connectivity index (χ0n) is 11.1. The van der Waals surface area contributed by atoms with Gasteiger partial charge in [0.15, 0.2) is 0 Å². The zero-order chi connectivity index (χ0) is 21.2. The van der Waals surface area contributed by atoms with E-state index in [0.717, 1.165) is 0 Å². The van der Waals surface area contributed by atoms with Gasteiger partial charge in [-0.05, 0) is 0 Å². The first-order valence-corrected chi connectivity index (χ1v) is 20.0. The standard InChI is InChI=1S/C3H2Cl2F4O.C3H2F6O.4ClH.FH.Sn/c4-2(5)10-1(6)3(7,8)9;4-1(3(7,8)9)10-2(5)6;;;;;;/h2*1-2H;5*1H;/q;;;;;;;+4/p-4. The summed E-state index contributed by atoms with van der Waals surface area (Å²) in [7, 11) is 20.1. The Morgan fingerprint density at radius 1 is 0.654 bits per heavy atom. The van der Waals surface area contributed by atoms with Crippen molar-refractivity contribution in [3.63, 3.8) is 0 Å². The van der Waals surface area contributed by atoms with Crippen LogP contribution in [0.25, 0.3) is 0 Å². The Bertz CT molecular complexity index is 307. The van der Waals surface area contributed by atoms with Crippen molar-refractivity contribution in [1.29, 1.82) is 0 Å². The fourth-order valence-electron chi connectivity index (χ4n) is 0.335. The van der Waals surface area contributed by atoms with Crippen molar-refractivity contribution in [2.75, 3.05) is 0 Å². The summed E-state index contributed by atoms with van der Waals surface area (Å²) in [5.41, 5.74) is 0. The van der Waals surface area contributed by atoms with E-state index >= 15 is 0 Å². The van der Waals surface area contributed by atoms with E-state index in [0.29, 0.717) is 0 Å². The van der Waals surface area contributed by atoms with Crippen LogP contribution in [0.5, 0.6) is 0 Å². The van der Waals surface area contributed by atoms with Crippen LogP contribution in [0, 0.1) is 0 Å². The molecule has 20 heteroatoms. The van der Waals surface area contributed by atoms with Crippen molar-refractivity contribution in [3.05, 3.63) is 0 Å². The summed E-state index contributed by atoms with van der Waals surface area (Å²) in [6.45, 7) is -3.75. The molecule has 0 aliphatic rings. The Labute approximate surface area is 166 Å². The number of halogens is 17. The Kier molecular flexibility index (Phi) is 21.0. The molecule has 0 amide bonds. The van der Waals surface area contributed by atoms with E-state index < -0.39 is 50.6 Å². The average molecular weight is 650 g/mol. The fourth-order valence-corrected chi connectivity index (χ4v) is 0.516. The average Bonchev–Trinajstić information content (AvgIpc) is 2.22. The van der Waals surface area contributed by atoms with E-state index in [9.17, 15) is 43.9 Å². The Morgan fingerprint density at radius 3 is 0.962 bits per heavy atom. The molecule has 0 bridgehead atoms. The van der Waals surface area contributed by atoms with Crippen LogP contribution in [-0.2, 0) is 9.47 Å². The molecule has 0 spiro atoms. The quantitative estimate of drug-likeness (QED) is 0.182. The zero-order valence-corrected chi connectivity index (χ0v) is 18.5. The first kappa shape index (κ1) is 35.1. The van der Waals surface area contributed by atoms with Gasteiger partial charge in [-0.25, -0.2) is 8.78 Å². The van der Waals surface area contributed by atoms with Crippen LogP contribution < -0.4 is 0 Å². The molecule has 2 nitrogen and oxygen atoms in total. The third-order valence-electron chi connectivity index (χ3n) is 0.959. The summed E-state index contributed by atoms with van der Waals surface area (Å²) in [5, 5.41) is -1.81. The van der Waals surface area contributed by atoms with E-state index in [1.54, 1.807) is 0 Å². The molecule has 0 aromatic carbocycles. The molecule has 0 radical (unpaired) electrons. The molecule has 0 aromatic heterocycles. The van der Waals surface area contributed by atoms with Crippen molar-refractivity contribution in [1.82, 2.24) is 0 Å². The van der Waals surface area contributed by atoms with Crippen LogP contribution in [0.2, 0.25) is 0 Å². The van der Waals surface area contributed by atoms with Gasteiger partial charge in [0.1, 0.15) is 0 Å². The summed E-state index contributed by atoms with van der Waals surface area (Å²) in [6, 6.07) is 0. The molecule has 0 N–H and O–H groups in total. The van der Waals surface area contributed by atoms with Gasteiger partial charge in [0.05, 0.1) is 0 Å². The van der Waals surface area contributed by atoms with Gasteiger partial charge in [0.2, 0.25) is 5.02 Å². The van der Waals surface area contributed by atoms with Crippen molar-refractivity contribution < 1.29 is 58.1 Å². The maximum atomic E-state index is 11.6. The molecule has 0 aliphatic heterocycles. The molecular weight excluding hydrogens is 644 g/mol. The minimum absolute atomic E-state index is 0. The monoisotopic (exact) mass is 648 g/mol. The second-order valence-corrected chi connectivity index (χ2v) is 29.4. The van der Waals surface area contributed by atoms with E-state index in [4.69, 9.17) is 35.7 Å².